The lowest BCUT2D eigenvalue weighted by Crippen LogP contribution is -2.30. The third kappa shape index (κ3) is 9.21. The summed E-state index contributed by atoms with van der Waals surface area (Å²) in [7, 11) is 1.55. The van der Waals surface area contributed by atoms with Crippen LogP contribution >= 0.6 is 0 Å². The summed E-state index contributed by atoms with van der Waals surface area (Å²) in [5, 5.41) is 3.27. The zero-order chi connectivity index (χ0) is 27.6. The normalized spacial score (nSPS) is 12.1. The van der Waals surface area contributed by atoms with Crippen LogP contribution in [-0.2, 0) is 25.7 Å². The molecule has 0 aliphatic rings. The third-order valence-electron chi connectivity index (χ3n) is 5.79. The number of nitrogens with one attached hydrogen (secondary N) is 1. The Morgan fingerprint density at radius 2 is 1.70 bits per heavy atom. The van der Waals surface area contributed by atoms with Crippen LogP contribution in [0, 0.1) is 5.41 Å². The van der Waals surface area contributed by atoms with Crippen molar-refractivity contribution in [1.29, 1.82) is 0 Å². The molecule has 0 amide bonds. The number of carbonyl (C=O) groups excluding carboxylic acids is 3. The van der Waals surface area contributed by atoms with Gasteiger partial charge in [-0.3, -0.25) is 9.59 Å². The van der Waals surface area contributed by atoms with Crippen LogP contribution in [0.5, 0.6) is 11.5 Å². The van der Waals surface area contributed by atoms with E-state index in [2.05, 4.69) is 5.32 Å². The molecule has 1 atom stereocenters. The number of hydrogen-bond acceptors (Lipinski definition) is 8. The van der Waals surface area contributed by atoms with Gasteiger partial charge in [-0.15, -0.1) is 0 Å². The number of ether oxygens (including phenoxy) is 4. The van der Waals surface area contributed by atoms with Crippen LogP contribution in [-0.4, -0.2) is 37.6 Å². The smallest absolute Gasteiger partial charge is 0.338 e. The molecule has 2 aromatic carbocycles. The van der Waals surface area contributed by atoms with Gasteiger partial charge in [-0.05, 0) is 62.2 Å². The van der Waals surface area contributed by atoms with Gasteiger partial charge in [-0.1, -0.05) is 33.3 Å². The molecule has 8 heteroatoms. The van der Waals surface area contributed by atoms with E-state index in [1.165, 1.54) is 6.92 Å². The molecule has 0 bridgehead atoms. The Morgan fingerprint density at radius 3 is 2.27 bits per heavy atom. The predicted molar refractivity (Wildman–Crippen MR) is 141 cm³/mol. The van der Waals surface area contributed by atoms with E-state index < -0.39 is 23.5 Å². The van der Waals surface area contributed by atoms with Crippen LogP contribution in [0.2, 0.25) is 0 Å². The van der Waals surface area contributed by atoms with Gasteiger partial charge in [0.05, 0.1) is 18.1 Å². The highest BCUT2D eigenvalue weighted by atomic mass is 16.6. The van der Waals surface area contributed by atoms with E-state index in [-0.39, 0.29) is 18.6 Å². The molecule has 37 heavy (non-hydrogen) atoms. The fraction of sp³-hybridized carbons (Fsp3) is 0.483. The van der Waals surface area contributed by atoms with E-state index in [0.29, 0.717) is 41.2 Å². The molecule has 0 aromatic heterocycles. The van der Waals surface area contributed by atoms with Crippen molar-refractivity contribution < 1.29 is 33.3 Å². The maximum Gasteiger partial charge on any atom is 0.338 e. The molecule has 0 radical (unpaired) electrons. The largest absolute Gasteiger partial charge is 0.497 e. The second-order valence-electron chi connectivity index (χ2n) is 9.86. The Bertz CT molecular complexity index is 1060. The molecule has 0 heterocycles. The summed E-state index contributed by atoms with van der Waals surface area (Å²) in [5.41, 5.74) is 0.859. The summed E-state index contributed by atoms with van der Waals surface area (Å²) in [6, 6.07) is 11.9. The fourth-order valence-electron chi connectivity index (χ4n) is 3.70. The van der Waals surface area contributed by atoms with Gasteiger partial charge in [0, 0.05) is 25.1 Å². The van der Waals surface area contributed by atoms with Crippen molar-refractivity contribution in [2.75, 3.05) is 13.7 Å². The van der Waals surface area contributed by atoms with E-state index in [0.717, 1.165) is 6.42 Å². The molecule has 1 N–H and O–H groups in total. The van der Waals surface area contributed by atoms with Gasteiger partial charge in [0.25, 0.3) is 0 Å². The van der Waals surface area contributed by atoms with Crippen LogP contribution in [0.25, 0.3) is 0 Å². The monoisotopic (exact) mass is 513 g/mol. The Hall–Kier alpha value is -3.39. The molecular weight excluding hydrogens is 474 g/mol. The van der Waals surface area contributed by atoms with Crippen molar-refractivity contribution in [1.82, 2.24) is 5.32 Å². The minimum Gasteiger partial charge on any atom is -0.497 e. The molecule has 1 unspecified atom stereocenters. The van der Waals surface area contributed by atoms with Gasteiger partial charge in [0.1, 0.15) is 24.2 Å². The van der Waals surface area contributed by atoms with Crippen molar-refractivity contribution in [2.24, 2.45) is 5.41 Å². The Labute approximate surface area is 219 Å². The first-order chi connectivity index (χ1) is 17.5. The van der Waals surface area contributed by atoms with Crippen molar-refractivity contribution in [3.05, 3.63) is 59.2 Å². The van der Waals surface area contributed by atoms with Crippen LogP contribution < -0.4 is 14.8 Å². The zero-order valence-corrected chi connectivity index (χ0v) is 22.9. The van der Waals surface area contributed by atoms with Gasteiger partial charge >= 0.3 is 17.9 Å². The van der Waals surface area contributed by atoms with Crippen molar-refractivity contribution >= 4 is 17.9 Å². The van der Waals surface area contributed by atoms with E-state index in [4.69, 9.17) is 18.9 Å². The standard InChI is InChI=1S/C29H39NO7/c1-8-15-29(5,6)28(33)37-25-14-11-22(26(36-20(4)31)17-30-19(2)3)16-23(25)18-35-27(32)21-9-12-24(34-7)13-10-21/h9-14,16,19,26,30H,8,15,17-18H2,1-7H3. The lowest BCUT2D eigenvalue weighted by molar-refractivity contribution is -0.146. The van der Waals surface area contributed by atoms with Crippen molar-refractivity contribution in [3.63, 3.8) is 0 Å². The van der Waals surface area contributed by atoms with E-state index in [9.17, 15) is 14.4 Å². The second-order valence-corrected chi connectivity index (χ2v) is 9.86. The molecule has 0 saturated heterocycles. The van der Waals surface area contributed by atoms with Crippen LogP contribution in [0.1, 0.15) is 82.0 Å². The summed E-state index contributed by atoms with van der Waals surface area (Å²) in [4.78, 5) is 37.4. The van der Waals surface area contributed by atoms with E-state index in [1.807, 2.05) is 34.6 Å². The van der Waals surface area contributed by atoms with Gasteiger partial charge in [0.2, 0.25) is 0 Å². The molecule has 0 aliphatic carbocycles. The number of methoxy groups -OCH3 is 1. The highest BCUT2D eigenvalue weighted by Gasteiger charge is 2.30. The minimum atomic E-state index is -0.675. The molecular formula is C29H39NO7. The average molecular weight is 514 g/mol. The number of hydrogen-bond donors (Lipinski definition) is 1. The number of rotatable bonds is 13. The topological polar surface area (TPSA) is 100 Å². The van der Waals surface area contributed by atoms with Crippen molar-refractivity contribution in [2.45, 2.75) is 73.1 Å². The fourth-order valence-corrected chi connectivity index (χ4v) is 3.70. The molecule has 8 nitrogen and oxygen atoms in total. The number of esters is 3. The Kier molecular flexibility index (Phi) is 11.1. The van der Waals surface area contributed by atoms with Gasteiger partial charge in [-0.25, -0.2) is 4.79 Å². The van der Waals surface area contributed by atoms with Crippen LogP contribution in [0.15, 0.2) is 42.5 Å². The lowest BCUT2D eigenvalue weighted by Gasteiger charge is -2.24. The summed E-state index contributed by atoms with van der Waals surface area (Å²) in [5.74, 6) is -0.407. The quantitative estimate of drug-likeness (QED) is 0.281. The summed E-state index contributed by atoms with van der Waals surface area (Å²) < 4.78 is 22.0. The number of benzene rings is 2. The first kappa shape index (κ1) is 29.8. The Balaban J connectivity index is 2.35. The SMILES string of the molecule is CCCC(C)(C)C(=O)Oc1ccc(C(CNC(C)C)OC(C)=O)cc1COC(=O)c1ccc(OC)cc1. The molecule has 0 spiro atoms. The molecule has 0 aliphatic heterocycles. The van der Waals surface area contributed by atoms with Crippen LogP contribution in [0.4, 0.5) is 0 Å². The summed E-state index contributed by atoms with van der Waals surface area (Å²) >= 11 is 0. The zero-order valence-electron chi connectivity index (χ0n) is 22.9. The first-order valence-corrected chi connectivity index (χ1v) is 12.5. The summed E-state index contributed by atoms with van der Waals surface area (Å²) in [6.45, 7) is 11.3. The van der Waals surface area contributed by atoms with Crippen LogP contribution in [0.3, 0.4) is 0 Å². The second kappa shape index (κ2) is 13.8. The highest BCUT2D eigenvalue weighted by Crippen LogP contribution is 2.30. The van der Waals surface area contributed by atoms with Crippen molar-refractivity contribution in [3.8, 4) is 11.5 Å². The van der Waals surface area contributed by atoms with E-state index >= 15 is 0 Å². The van der Waals surface area contributed by atoms with Gasteiger partial charge < -0.3 is 24.3 Å². The molecule has 0 saturated carbocycles. The molecule has 202 valence electrons. The predicted octanol–water partition coefficient (Wildman–Crippen LogP) is 5.39. The maximum absolute atomic E-state index is 12.9. The lowest BCUT2D eigenvalue weighted by atomic mass is 9.88. The molecule has 0 fully saturated rings. The highest BCUT2D eigenvalue weighted by molar-refractivity contribution is 5.89. The maximum atomic E-state index is 12.9. The third-order valence-corrected chi connectivity index (χ3v) is 5.79. The average Bonchev–Trinajstić information content (AvgIpc) is 2.85. The number of carbonyl (C=O) groups is 3. The molecule has 2 rings (SSSR count). The van der Waals surface area contributed by atoms with Gasteiger partial charge in [-0.2, -0.15) is 0 Å². The minimum absolute atomic E-state index is 0.139. The van der Waals surface area contributed by atoms with Gasteiger partial charge in [0.15, 0.2) is 0 Å². The summed E-state index contributed by atoms with van der Waals surface area (Å²) in [6.07, 6.45) is 0.929. The van der Waals surface area contributed by atoms with E-state index in [1.54, 1.807) is 49.6 Å². The first-order valence-electron chi connectivity index (χ1n) is 12.5. The Morgan fingerprint density at radius 1 is 1.03 bits per heavy atom. The molecule has 2 aromatic rings.